The molecule has 1 aromatic heterocycles. The van der Waals surface area contributed by atoms with Crippen molar-refractivity contribution >= 4 is 33.0 Å². The van der Waals surface area contributed by atoms with Gasteiger partial charge in [-0.1, -0.05) is 15.9 Å². The van der Waals surface area contributed by atoms with Crippen LogP contribution in [0.15, 0.2) is 16.8 Å². The summed E-state index contributed by atoms with van der Waals surface area (Å²) < 4.78 is 0. The van der Waals surface area contributed by atoms with Gasteiger partial charge in [-0.3, -0.25) is 4.79 Å². The minimum atomic E-state index is 0.402. The van der Waals surface area contributed by atoms with E-state index in [-0.39, 0.29) is 0 Å². The fourth-order valence-corrected chi connectivity index (χ4v) is 2.30. The molecular weight excluding hydrogens is 260 g/mol. The van der Waals surface area contributed by atoms with Gasteiger partial charge < -0.3 is 0 Å². The zero-order valence-corrected chi connectivity index (χ0v) is 10.6. The Hall–Kier alpha value is -0.150. The largest absolute Gasteiger partial charge is 0.300 e. The molecule has 1 aromatic rings. The van der Waals surface area contributed by atoms with Crippen molar-refractivity contribution in [2.24, 2.45) is 0 Å². The van der Waals surface area contributed by atoms with Crippen molar-refractivity contribution in [2.45, 2.75) is 32.1 Å². The number of aryl methyl sites for hydroxylation is 1. The second kappa shape index (κ2) is 7.18. The van der Waals surface area contributed by atoms with Crippen molar-refractivity contribution in [3.05, 3.63) is 22.4 Å². The molecule has 0 aliphatic rings. The maximum atomic E-state index is 11.3. The summed E-state index contributed by atoms with van der Waals surface area (Å²) in [5.74, 6) is 0.402. The van der Waals surface area contributed by atoms with Gasteiger partial charge in [-0.15, -0.1) is 0 Å². The second-order valence-electron chi connectivity index (χ2n) is 3.32. The topological polar surface area (TPSA) is 17.1 Å². The fraction of sp³-hybridized carbons (Fsp3) is 0.545. The first-order valence-electron chi connectivity index (χ1n) is 4.91. The summed E-state index contributed by atoms with van der Waals surface area (Å²) in [5.41, 5.74) is 1.36. The average molecular weight is 275 g/mol. The Kier molecular flexibility index (Phi) is 6.12. The van der Waals surface area contributed by atoms with Crippen LogP contribution in [-0.4, -0.2) is 11.1 Å². The molecule has 1 heterocycles. The van der Waals surface area contributed by atoms with Crippen molar-refractivity contribution in [3.8, 4) is 0 Å². The normalized spacial score (nSPS) is 10.4. The van der Waals surface area contributed by atoms with Crippen LogP contribution in [0.2, 0.25) is 0 Å². The second-order valence-corrected chi connectivity index (χ2v) is 4.89. The molecule has 0 spiro atoms. The van der Waals surface area contributed by atoms with Crippen molar-refractivity contribution in [1.29, 1.82) is 0 Å². The highest BCUT2D eigenvalue weighted by Crippen LogP contribution is 2.10. The first-order valence-corrected chi connectivity index (χ1v) is 6.98. The highest BCUT2D eigenvalue weighted by Gasteiger charge is 2.01. The van der Waals surface area contributed by atoms with E-state index in [0.717, 1.165) is 37.4 Å². The molecule has 78 valence electrons. The maximum Gasteiger partial charge on any atom is 0.132 e. The van der Waals surface area contributed by atoms with Crippen molar-refractivity contribution in [1.82, 2.24) is 0 Å². The Morgan fingerprint density at radius 1 is 1.36 bits per heavy atom. The molecule has 14 heavy (non-hydrogen) atoms. The molecule has 0 unspecified atom stereocenters. The predicted molar refractivity (Wildman–Crippen MR) is 65.3 cm³/mol. The molecule has 0 bridgehead atoms. The lowest BCUT2D eigenvalue weighted by Gasteiger charge is -1.98. The van der Waals surface area contributed by atoms with E-state index in [4.69, 9.17) is 0 Å². The number of alkyl halides is 1. The quantitative estimate of drug-likeness (QED) is 0.691. The van der Waals surface area contributed by atoms with E-state index in [2.05, 4.69) is 32.8 Å². The van der Waals surface area contributed by atoms with Gasteiger partial charge in [0.05, 0.1) is 0 Å². The summed E-state index contributed by atoms with van der Waals surface area (Å²) >= 11 is 5.05. The molecule has 0 saturated heterocycles. The molecule has 0 radical (unpaired) electrons. The molecule has 1 nitrogen and oxygen atoms in total. The lowest BCUT2D eigenvalue weighted by Crippen LogP contribution is -1.98. The zero-order chi connectivity index (χ0) is 10.2. The third-order valence-electron chi connectivity index (χ3n) is 2.09. The number of carbonyl (C=O) groups is 1. The summed E-state index contributed by atoms with van der Waals surface area (Å²) in [6.45, 7) is 0. The molecule has 0 aliphatic carbocycles. The average Bonchev–Trinajstić information content (AvgIpc) is 2.67. The number of halogens is 1. The van der Waals surface area contributed by atoms with Gasteiger partial charge in [0.25, 0.3) is 0 Å². The molecule has 0 aliphatic heterocycles. The number of rotatable bonds is 7. The predicted octanol–water partition coefficient (Wildman–Crippen LogP) is 3.82. The first-order chi connectivity index (χ1) is 6.83. The van der Waals surface area contributed by atoms with E-state index in [1.54, 1.807) is 11.3 Å². The summed E-state index contributed by atoms with van der Waals surface area (Å²) in [6.07, 6.45) is 4.48. The smallest absolute Gasteiger partial charge is 0.132 e. The molecule has 0 saturated carbocycles. The number of Topliss-reactive ketones (excluding diaryl/α,β-unsaturated/α-hetero) is 1. The standard InChI is InChI=1S/C11H15BrOS/c12-7-2-5-11(13)4-1-3-10-6-8-14-9-10/h6,8-9H,1-5,7H2. The van der Waals surface area contributed by atoms with Gasteiger partial charge in [-0.2, -0.15) is 11.3 Å². The number of thiophene rings is 1. The summed E-state index contributed by atoms with van der Waals surface area (Å²) in [5, 5.41) is 5.17. The van der Waals surface area contributed by atoms with E-state index in [0.29, 0.717) is 5.78 Å². The third kappa shape index (κ3) is 4.91. The van der Waals surface area contributed by atoms with Crippen molar-refractivity contribution < 1.29 is 4.79 Å². The minimum Gasteiger partial charge on any atom is -0.300 e. The fourth-order valence-electron chi connectivity index (χ4n) is 1.31. The Bertz CT molecular complexity index is 256. The molecule has 0 fully saturated rings. The Morgan fingerprint density at radius 2 is 2.14 bits per heavy atom. The maximum absolute atomic E-state index is 11.3. The minimum absolute atomic E-state index is 0.402. The van der Waals surface area contributed by atoms with E-state index < -0.39 is 0 Å². The van der Waals surface area contributed by atoms with E-state index in [1.807, 2.05) is 0 Å². The van der Waals surface area contributed by atoms with Gasteiger partial charge >= 0.3 is 0 Å². The van der Waals surface area contributed by atoms with E-state index >= 15 is 0 Å². The van der Waals surface area contributed by atoms with Crippen LogP contribution in [0.5, 0.6) is 0 Å². The molecule has 0 aromatic carbocycles. The Labute approximate surface area is 97.7 Å². The van der Waals surface area contributed by atoms with Gasteiger partial charge in [0.2, 0.25) is 0 Å². The third-order valence-corrected chi connectivity index (χ3v) is 3.38. The van der Waals surface area contributed by atoms with Crippen molar-refractivity contribution in [3.63, 3.8) is 0 Å². The van der Waals surface area contributed by atoms with Crippen LogP contribution in [0, 0.1) is 0 Å². The highest BCUT2D eigenvalue weighted by atomic mass is 79.9. The SMILES string of the molecule is O=C(CCCBr)CCCc1ccsc1. The first kappa shape index (κ1) is 11.9. The summed E-state index contributed by atoms with van der Waals surface area (Å²) in [7, 11) is 0. The van der Waals surface area contributed by atoms with E-state index in [1.165, 1.54) is 5.56 Å². The summed E-state index contributed by atoms with van der Waals surface area (Å²) in [4.78, 5) is 11.3. The molecule has 0 atom stereocenters. The van der Waals surface area contributed by atoms with Crippen molar-refractivity contribution in [2.75, 3.05) is 5.33 Å². The van der Waals surface area contributed by atoms with Gasteiger partial charge in [-0.05, 0) is 41.7 Å². The lowest BCUT2D eigenvalue weighted by atomic mass is 10.1. The zero-order valence-electron chi connectivity index (χ0n) is 8.17. The van der Waals surface area contributed by atoms with Crippen LogP contribution in [0.1, 0.15) is 31.2 Å². The summed E-state index contributed by atoms with van der Waals surface area (Å²) in [6, 6.07) is 2.13. The van der Waals surface area contributed by atoms with Crippen LogP contribution in [0.4, 0.5) is 0 Å². The van der Waals surface area contributed by atoms with Gasteiger partial charge in [0.1, 0.15) is 5.78 Å². The number of carbonyl (C=O) groups excluding carboxylic acids is 1. The lowest BCUT2D eigenvalue weighted by molar-refractivity contribution is -0.119. The van der Waals surface area contributed by atoms with E-state index in [9.17, 15) is 4.79 Å². The highest BCUT2D eigenvalue weighted by molar-refractivity contribution is 9.09. The molecule has 3 heteroatoms. The number of hydrogen-bond donors (Lipinski definition) is 0. The van der Waals surface area contributed by atoms with Crippen LogP contribution >= 0.6 is 27.3 Å². The van der Waals surface area contributed by atoms with Crippen LogP contribution < -0.4 is 0 Å². The number of ketones is 1. The molecule has 0 amide bonds. The number of hydrogen-bond acceptors (Lipinski definition) is 2. The Balaban J connectivity index is 2.06. The van der Waals surface area contributed by atoms with Gasteiger partial charge in [0, 0.05) is 18.2 Å². The monoisotopic (exact) mass is 274 g/mol. The molecular formula is C11H15BrOS. The van der Waals surface area contributed by atoms with Crippen LogP contribution in [-0.2, 0) is 11.2 Å². The molecule has 1 rings (SSSR count). The van der Waals surface area contributed by atoms with Crippen LogP contribution in [0.3, 0.4) is 0 Å². The van der Waals surface area contributed by atoms with Gasteiger partial charge in [-0.25, -0.2) is 0 Å². The van der Waals surface area contributed by atoms with Crippen LogP contribution in [0.25, 0.3) is 0 Å². The Morgan fingerprint density at radius 3 is 2.79 bits per heavy atom. The van der Waals surface area contributed by atoms with Gasteiger partial charge in [0.15, 0.2) is 0 Å². The molecule has 0 N–H and O–H groups in total.